The van der Waals surface area contributed by atoms with Crippen LogP contribution in [0.25, 0.3) is 6.08 Å². The third-order valence-corrected chi connectivity index (χ3v) is 4.06. The van der Waals surface area contributed by atoms with E-state index in [4.69, 9.17) is 26.2 Å². The summed E-state index contributed by atoms with van der Waals surface area (Å²) in [6.07, 6.45) is -6.54. The fraction of sp³-hybridized carbons (Fsp3) is 0.167. The van der Waals surface area contributed by atoms with E-state index in [9.17, 15) is 18.0 Å². The first-order chi connectivity index (χ1) is 12.2. The standard InChI is InChI=1S/C18H12ClF3O4/c1-9-4-2-3-5-13(9)25-15-8-14-10(7-12(15)19)6-11(17(23)24)16(26-14)18(20,21)22/h2-8,16H,1H3,(H,23,24)/t16-/m0/s1. The Balaban J connectivity index is 2.03. The summed E-state index contributed by atoms with van der Waals surface area (Å²) >= 11 is 6.14. The van der Waals surface area contributed by atoms with Crippen LogP contribution < -0.4 is 9.47 Å². The van der Waals surface area contributed by atoms with Gasteiger partial charge in [-0.3, -0.25) is 0 Å². The zero-order valence-electron chi connectivity index (χ0n) is 13.3. The van der Waals surface area contributed by atoms with Crippen LogP contribution in [0.4, 0.5) is 13.2 Å². The minimum absolute atomic E-state index is 0.104. The summed E-state index contributed by atoms with van der Waals surface area (Å²) in [5, 5.41) is 9.15. The highest BCUT2D eigenvalue weighted by Gasteiger charge is 2.48. The number of para-hydroxylation sites is 1. The Morgan fingerprint density at radius 1 is 1.23 bits per heavy atom. The van der Waals surface area contributed by atoms with Crippen LogP contribution in [0.3, 0.4) is 0 Å². The summed E-state index contributed by atoms with van der Waals surface area (Å²) in [7, 11) is 0. The molecule has 1 atom stereocenters. The van der Waals surface area contributed by atoms with Crippen molar-refractivity contribution in [3.8, 4) is 17.2 Å². The number of aryl methyl sites for hydroxylation is 1. The average molecular weight is 385 g/mol. The van der Waals surface area contributed by atoms with Gasteiger partial charge in [0.05, 0.1) is 10.6 Å². The van der Waals surface area contributed by atoms with Crippen molar-refractivity contribution in [3.05, 3.63) is 58.1 Å². The molecule has 1 aliphatic heterocycles. The molecule has 2 aromatic rings. The summed E-state index contributed by atoms with van der Waals surface area (Å²) in [6.45, 7) is 1.81. The number of fused-ring (bicyclic) bond motifs is 1. The number of hydrogen-bond acceptors (Lipinski definition) is 3. The first-order valence-corrected chi connectivity index (χ1v) is 7.80. The van der Waals surface area contributed by atoms with Crippen LogP contribution in [-0.4, -0.2) is 23.4 Å². The summed E-state index contributed by atoms with van der Waals surface area (Å²) in [4.78, 5) is 11.1. The van der Waals surface area contributed by atoms with Gasteiger partial charge in [0.25, 0.3) is 0 Å². The number of carboxylic acids is 1. The zero-order chi connectivity index (χ0) is 19.1. The van der Waals surface area contributed by atoms with Crippen LogP contribution in [0.1, 0.15) is 11.1 Å². The predicted molar refractivity (Wildman–Crippen MR) is 88.8 cm³/mol. The minimum atomic E-state index is -4.88. The molecule has 0 fully saturated rings. The van der Waals surface area contributed by atoms with E-state index < -0.39 is 23.8 Å². The first-order valence-electron chi connectivity index (χ1n) is 7.42. The van der Waals surface area contributed by atoms with Crippen molar-refractivity contribution in [1.29, 1.82) is 0 Å². The normalized spacial score (nSPS) is 16.3. The molecule has 0 saturated heterocycles. The van der Waals surface area contributed by atoms with Gasteiger partial charge in [0.1, 0.15) is 17.2 Å². The second-order valence-electron chi connectivity index (χ2n) is 5.63. The molecule has 0 aromatic heterocycles. The van der Waals surface area contributed by atoms with Crippen molar-refractivity contribution in [2.45, 2.75) is 19.2 Å². The van der Waals surface area contributed by atoms with E-state index in [0.717, 1.165) is 11.6 Å². The molecule has 0 bridgehead atoms. The third-order valence-electron chi connectivity index (χ3n) is 3.76. The van der Waals surface area contributed by atoms with Crippen molar-refractivity contribution in [2.24, 2.45) is 0 Å². The number of ether oxygens (including phenoxy) is 2. The van der Waals surface area contributed by atoms with Crippen molar-refractivity contribution < 1.29 is 32.5 Å². The lowest BCUT2D eigenvalue weighted by atomic mass is 10.0. The van der Waals surface area contributed by atoms with E-state index in [2.05, 4.69) is 0 Å². The summed E-state index contributed by atoms with van der Waals surface area (Å²) < 4.78 is 50.0. The quantitative estimate of drug-likeness (QED) is 0.787. The highest BCUT2D eigenvalue weighted by molar-refractivity contribution is 6.32. The molecule has 0 unspecified atom stereocenters. The molecule has 4 nitrogen and oxygen atoms in total. The van der Waals surface area contributed by atoms with Gasteiger partial charge in [-0.05, 0) is 30.7 Å². The van der Waals surface area contributed by atoms with E-state index in [1.165, 1.54) is 12.1 Å². The average Bonchev–Trinajstić information content (AvgIpc) is 2.55. The largest absolute Gasteiger partial charge is 0.478 e. The Kier molecular flexibility index (Phi) is 4.58. The van der Waals surface area contributed by atoms with E-state index in [1.807, 2.05) is 6.07 Å². The number of carbonyl (C=O) groups is 1. The molecular formula is C18H12ClF3O4. The topological polar surface area (TPSA) is 55.8 Å². The van der Waals surface area contributed by atoms with Crippen molar-refractivity contribution >= 4 is 23.6 Å². The van der Waals surface area contributed by atoms with E-state index in [-0.39, 0.29) is 22.1 Å². The molecule has 0 radical (unpaired) electrons. The van der Waals surface area contributed by atoms with Crippen LogP contribution in [0.15, 0.2) is 42.0 Å². The fourth-order valence-electron chi connectivity index (χ4n) is 2.48. The SMILES string of the molecule is Cc1ccccc1Oc1cc2c(cc1Cl)C=C(C(=O)O)[C@@H](C(F)(F)F)O2. The lowest BCUT2D eigenvalue weighted by Crippen LogP contribution is -2.40. The highest BCUT2D eigenvalue weighted by Crippen LogP contribution is 2.42. The molecule has 8 heteroatoms. The number of carboxylic acid groups (broad SMARTS) is 1. The van der Waals surface area contributed by atoms with Crippen LogP contribution in [0, 0.1) is 6.92 Å². The van der Waals surface area contributed by atoms with Gasteiger partial charge < -0.3 is 14.6 Å². The van der Waals surface area contributed by atoms with Crippen LogP contribution in [0.5, 0.6) is 17.2 Å². The molecule has 2 aromatic carbocycles. The number of aliphatic carboxylic acids is 1. The Morgan fingerprint density at radius 3 is 2.54 bits per heavy atom. The first kappa shape index (κ1) is 18.1. The van der Waals surface area contributed by atoms with Crippen LogP contribution in [0.2, 0.25) is 5.02 Å². The molecule has 1 heterocycles. The number of rotatable bonds is 3. The maximum atomic E-state index is 13.1. The molecule has 1 aliphatic rings. The molecule has 136 valence electrons. The van der Waals surface area contributed by atoms with Crippen molar-refractivity contribution in [2.75, 3.05) is 0 Å². The Bertz CT molecular complexity index is 906. The maximum Gasteiger partial charge on any atom is 0.430 e. The van der Waals surface area contributed by atoms with Gasteiger partial charge in [0.2, 0.25) is 6.10 Å². The molecule has 1 N–H and O–H groups in total. The lowest BCUT2D eigenvalue weighted by molar-refractivity contribution is -0.187. The van der Waals surface area contributed by atoms with Crippen LogP contribution >= 0.6 is 11.6 Å². The van der Waals surface area contributed by atoms with E-state index in [1.54, 1.807) is 25.1 Å². The van der Waals surface area contributed by atoms with Gasteiger partial charge in [-0.15, -0.1) is 0 Å². The maximum absolute atomic E-state index is 13.1. The summed E-state index contributed by atoms with van der Waals surface area (Å²) in [6, 6.07) is 9.57. The number of hydrogen-bond donors (Lipinski definition) is 1. The van der Waals surface area contributed by atoms with Crippen LogP contribution in [-0.2, 0) is 4.79 Å². The molecular weight excluding hydrogens is 373 g/mol. The number of alkyl halides is 3. The number of benzene rings is 2. The second kappa shape index (κ2) is 6.57. The molecule has 0 spiro atoms. The van der Waals surface area contributed by atoms with Crippen molar-refractivity contribution in [3.63, 3.8) is 0 Å². The molecule has 3 rings (SSSR count). The van der Waals surface area contributed by atoms with Gasteiger partial charge >= 0.3 is 12.1 Å². The fourth-order valence-corrected chi connectivity index (χ4v) is 2.69. The number of halogens is 4. The van der Waals surface area contributed by atoms with Gasteiger partial charge in [-0.25, -0.2) is 4.79 Å². The van der Waals surface area contributed by atoms with E-state index in [0.29, 0.717) is 5.75 Å². The smallest absolute Gasteiger partial charge is 0.430 e. The summed E-state index contributed by atoms with van der Waals surface area (Å²) in [5.41, 5.74) is 0.0297. The zero-order valence-corrected chi connectivity index (χ0v) is 14.1. The Hall–Kier alpha value is -2.67. The molecule has 0 saturated carbocycles. The molecule has 0 aliphatic carbocycles. The minimum Gasteiger partial charge on any atom is -0.478 e. The van der Waals surface area contributed by atoms with E-state index >= 15 is 0 Å². The lowest BCUT2D eigenvalue weighted by Gasteiger charge is -2.27. The summed E-state index contributed by atoms with van der Waals surface area (Å²) in [5.74, 6) is -1.29. The molecule has 26 heavy (non-hydrogen) atoms. The van der Waals surface area contributed by atoms with Gasteiger partial charge in [0.15, 0.2) is 0 Å². The van der Waals surface area contributed by atoms with Gasteiger partial charge in [-0.2, -0.15) is 13.2 Å². The predicted octanol–water partition coefficient (Wildman–Crippen LogP) is 5.23. The van der Waals surface area contributed by atoms with Crippen molar-refractivity contribution in [1.82, 2.24) is 0 Å². The third kappa shape index (κ3) is 3.48. The Morgan fingerprint density at radius 2 is 1.92 bits per heavy atom. The molecule has 0 amide bonds. The monoisotopic (exact) mass is 384 g/mol. The van der Waals surface area contributed by atoms with Gasteiger partial charge in [-0.1, -0.05) is 29.8 Å². The van der Waals surface area contributed by atoms with Gasteiger partial charge in [0, 0.05) is 11.6 Å². The second-order valence-corrected chi connectivity index (χ2v) is 6.04. The Labute approximate surface area is 151 Å². The highest BCUT2D eigenvalue weighted by atomic mass is 35.5.